The summed E-state index contributed by atoms with van der Waals surface area (Å²) in [4.78, 5) is 0. The van der Waals surface area contributed by atoms with Crippen LogP contribution in [0.1, 0.15) is 0 Å². The molecule has 0 fully saturated rings. The first-order valence-electron chi connectivity index (χ1n) is 14.2. The van der Waals surface area contributed by atoms with Crippen molar-refractivity contribution < 1.29 is 29.9 Å². The number of phenolic OH excluding ortho intramolecular Hbond substituents is 5. The normalized spacial score (nSPS) is 11.7. The molecule has 0 saturated carbocycles. The predicted molar refractivity (Wildman–Crippen MR) is 186 cm³/mol. The maximum absolute atomic E-state index is 11.0. The number of hydrogen-bond acceptors (Lipinski definition) is 6. The monoisotopic (exact) mass is 702 g/mol. The molecule has 0 radical (unpaired) electrons. The van der Waals surface area contributed by atoms with E-state index in [0.29, 0.717) is 16.3 Å². The van der Waals surface area contributed by atoms with Gasteiger partial charge in [-0.05, 0) is 103 Å². The van der Waals surface area contributed by atoms with Crippen molar-refractivity contribution in [3.63, 3.8) is 0 Å². The van der Waals surface area contributed by atoms with E-state index in [0.717, 1.165) is 58.5 Å². The zero-order valence-corrected chi connectivity index (χ0v) is 25.6. The van der Waals surface area contributed by atoms with E-state index in [2.05, 4.69) is 65.1 Å². The summed E-state index contributed by atoms with van der Waals surface area (Å²) in [5.74, 6) is -4.30. The average molecular weight is 703 g/mol. The summed E-state index contributed by atoms with van der Waals surface area (Å²) < 4.78 is 7.48. The smallest absolute Gasteiger partial charge is 0.208 e. The van der Waals surface area contributed by atoms with Crippen molar-refractivity contribution >= 4 is 66.1 Å². The number of fused-ring (bicyclic) bond motifs is 5. The van der Waals surface area contributed by atoms with Crippen LogP contribution >= 0.6 is 22.6 Å². The Morgan fingerprint density at radius 2 is 0.933 bits per heavy atom. The molecule has 7 aromatic carbocycles. The fourth-order valence-corrected chi connectivity index (χ4v) is 6.95. The minimum absolute atomic E-state index is 0.179. The third-order valence-corrected chi connectivity index (χ3v) is 9.14. The van der Waals surface area contributed by atoms with Crippen molar-refractivity contribution in [2.45, 2.75) is 0 Å². The van der Waals surface area contributed by atoms with Crippen molar-refractivity contribution in [1.29, 1.82) is 0 Å². The Kier molecular flexibility index (Phi) is 6.08. The fourth-order valence-electron chi connectivity index (χ4n) is 6.41. The molecule has 0 saturated heterocycles. The molecular formula is C38H23IO6. The van der Waals surface area contributed by atoms with Crippen LogP contribution in [-0.4, -0.2) is 25.5 Å². The SMILES string of the molecule is Oc1c(O)c(O)c(-c2c3ccccc3c(-c3ccc4oc5cc(-c6cccc(I)c6)ccc5c4c3)c3ccccc23)c(O)c1O. The molecule has 0 aliphatic heterocycles. The molecule has 6 nitrogen and oxygen atoms in total. The van der Waals surface area contributed by atoms with Gasteiger partial charge in [-0.1, -0.05) is 72.8 Å². The van der Waals surface area contributed by atoms with Crippen molar-refractivity contribution in [3.05, 3.63) is 113 Å². The third kappa shape index (κ3) is 4.08. The highest BCUT2D eigenvalue weighted by Crippen LogP contribution is 2.57. The van der Waals surface area contributed by atoms with Gasteiger partial charge in [-0.3, -0.25) is 0 Å². The highest BCUT2D eigenvalue weighted by Gasteiger charge is 2.28. The van der Waals surface area contributed by atoms with E-state index in [9.17, 15) is 25.5 Å². The van der Waals surface area contributed by atoms with Gasteiger partial charge < -0.3 is 29.9 Å². The quantitative estimate of drug-likeness (QED) is 0.0542. The van der Waals surface area contributed by atoms with Crippen molar-refractivity contribution in [2.75, 3.05) is 0 Å². The van der Waals surface area contributed by atoms with Crippen LogP contribution in [0, 0.1) is 3.57 Å². The summed E-state index contributed by atoms with van der Waals surface area (Å²) in [6, 6.07) is 35.9. The van der Waals surface area contributed by atoms with E-state index in [-0.39, 0.29) is 5.56 Å². The highest BCUT2D eigenvalue weighted by atomic mass is 127. The molecule has 0 aliphatic rings. The largest absolute Gasteiger partial charge is 0.504 e. The molecule has 7 heteroatoms. The molecule has 0 bridgehead atoms. The van der Waals surface area contributed by atoms with Gasteiger partial charge in [0.1, 0.15) is 11.2 Å². The highest BCUT2D eigenvalue weighted by molar-refractivity contribution is 14.1. The van der Waals surface area contributed by atoms with Crippen molar-refractivity contribution in [3.8, 4) is 62.1 Å². The first kappa shape index (κ1) is 27.2. The molecule has 1 aromatic heterocycles. The van der Waals surface area contributed by atoms with E-state index in [1.807, 2.05) is 66.7 Å². The maximum Gasteiger partial charge on any atom is 0.208 e. The molecular weight excluding hydrogens is 679 g/mol. The van der Waals surface area contributed by atoms with E-state index >= 15 is 0 Å². The lowest BCUT2D eigenvalue weighted by Crippen LogP contribution is -1.92. The zero-order chi connectivity index (χ0) is 31.0. The van der Waals surface area contributed by atoms with Gasteiger partial charge in [0, 0.05) is 19.9 Å². The number of aromatic hydroxyl groups is 5. The number of hydrogen-bond donors (Lipinski definition) is 5. The zero-order valence-electron chi connectivity index (χ0n) is 23.4. The number of rotatable bonds is 3. The molecule has 5 N–H and O–H groups in total. The maximum atomic E-state index is 11.0. The average Bonchev–Trinajstić information content (AvgIpc) is 3.43. The Labute approximate surface area is 269 Å². The second-order valence-corrected chi connectivity index (χ2v) is 12.2. The summed E-state index contributed by atoms with van der Waals surface area (Å²) in [7, 11) is 0. The van der Waals surface area contributed by atoms with E-state index in [4.69, 9.17) is 4.42 Å². The van der Waals surface area contributed by atoms with Crippen LogP contribution < -0.4 is 0 Å². The van der Waals surface area contributed by atoms with Gasteiger partial charge in [-0.25, -0.2) is 0 Å². The van der Waals surface area contributed by atoms with Crippen molar-refractivity contribution in [2.24, 2.45) is 0 Å². The first-order chi connectivity index (χ1) is 21.8. The minimum atomic E-state index is -0.995. The van der Waals surface area contributed by atoms with Crippen LogP contribution in [0.25, 0.3) is 76.9 Å². The van der Waals surface area contributed by atoms with Gasteiger partial charge in [0.25, 0.3) is 0 Å². The van der Waals surface area contributed by atoms with E-state index in [1.54, 1.807) is 0 Å². The molecule has 45 heavy (non-hydrogen) atoms. The second kappa shape index (κ2) is 10.1. The van der Waals surface area contributed by atoms with Crippen LogP contribution in [0.2, 0.25) is 0 Å². The number of furan rings is 1. The molecule has 0 spiro atoms. The second-order valence-electron chi connectivity index (χ2n) is 11.0. The molecule has 0 aliphatic carbocycles. The Morgan fingerprint density at radius 1 is 0.378 bits per heavy atom. The minimum Gasteiger partial charge on any atom is -0.504 e. The number of halogens is 1. The molecule has 0 unspecified atom stereocenters. The Hall–Kier alpha value is -5.41. The van der Waals surface area contributed by atoms with Crippen molar-refractivity contribution in [1.82, 2.24) is 0 Å². The molecule has 1 heterocycles. The third-order valence-electron chi connectivity index (χ3n) is 8.47. The summed E-state index contributed by atoms with van der Waals surface area (Å²) in [6.45, 7) is 0. The molecule has 8 rings (SSSR count). The van der Waals surface area contributed by atoms with Gasteiger partial charge in [-0.2, -0.15) is 0 Å². The van der Waals surface area contributed by atoms with Gasteiger partial charge >= 0.3 is 0 Å². The van der Waals surface area contributed by atoms with Crippen LogP contribution in [0.5, 0.6) is 28.7 Å². The summed E-state index contributed by atoms with van der Waals surface area (Å²) in [6.07, 6.45) is 0. The van der Waals surface area contributed by atoms with Crippen LogP contribution in [0.4, 0.5) is 0 Å². The Morgan fingerprint density at radius 3 is 1.56 bits per heavy atom. The lowest BCUT2D eigenvalue weighted by molar-refractivity contribution is 0.330. The topological polar surface area (TPSA) is 114 Å². The summed E-state index contributed by atoms with van der Waals surface area (Å²) >= 11 is 2.31. The molecule has 8 aromatic rings. The van der Waals surface area contributed by atoms with Crippen LogP contribution in [0.3, 0.4) is 0 Å². The van der Waals surface area contributed by atoms with Gasteiger partial charge in [0.2, 0.25) is 17.2 Å². The predicted octanol–water partition coefficient (Wildman–Crippen LogP) is 10.0. The van der Waals surface area contributed by atoms with Gasteiger partial charge in [0.15, 0.2) is 11.5 Å². The Balaban J connectivity index is 1.40. The van der Waals surface area contributed by atoms with Crippen LogP contribution in [0.15, 0.2) is 114 Å². The van der Waals surface area contributed by atoms with E-state index in [1.165, 1.54) is 0 Å². The first-order valence-corrected chi connectivity index (χ1v) is 15.2. The lowest BCUT2D eigenvalue weighted by Gasteiger charge is -2.20. The Bertz CT molecular complexity index is 2430. The van der Waals surface area contributed by atoms with Crippen LogP contribution in [-0.2, 0) is 0 Å². The summed E-state index contributed by atoms with van der Waals surface area (Å²) in [5, 5.41) is 57.7. The standard InChI is InChI=1S/C38H23IO6/c39-22-7-5-6-19(16-22)20-12-14-23-28-17-21(13-15-29(28)45-30(23)18-20)31-24-8-1-3-10-26(24)32(27-11-4-2-9-25(27)31)33-34(40)36(42)38(44)37(43)35(33)41/h1-18,40-44H. The summed E-state index contributed by atoms with van der Waals surface area (Å²) in [5.41, 5.74) is 5.86. The van der Waals surface area contributed by atoms with Gasteiger partial charge in [-0.15, -0.1) is 0 Å². The molecule has 218 valence electrons. The molecule has 0 atom stereocenters. The fraction of sp³-hybridized carbons (Fsp3) is 0. The number of benzene rings is 7. The van der Waals surface area contributed by atoms with E-state index < -0.39 is 28.7 Å². The van der Waals surface area contributed by atoms with Gasteiger partial charge in [0.05, 0.1) is 5.56 Å². The molecule has 0 amide bonds. The number of phenols is 5. The lowest BCUT2D eigenvalue weighted by atomic mass is 9.85.